The summed E-state index contributed by atoms with van der Waals surface area (Å²) in [5.41, 5.74) is 3.70. The van der Waals surface area contributed by atoms with Gasteiger partial charge in [-0.15, -0.1) is 0 Å². The summed E-state index contributed by atoms with van der Waals surface area (Å²) in [5.74, 6) is -0.423. The first-order valence-electron chi connectivity index (χ1n) is 10.7. The summed E-state index contributed by atoms with van der Waals surface area (Å²) in [5, 5.41) is 3.83. The molecule has 0 saturated carbocycles. The van der Waals surface area contributed by atoms with E-state index >= 15 is 0 Å². The molecular weight excluding hydrogens is 425 g/mol. The van der Waals surface area contributed by atoms with Crippen LogP contribution in [0.5, 0.6) is 0 Å². The summed E-state index contributed by atoms with van der Waals surface area (Å²) in [6.45, 7) is 2.01. The Morgan fingerprint density at radius 2 is 1.94 bits per heavy atom. The van der Waals surface area contributed by atoms with Crippen molar-refractivity contribution in [1.82, 2.24) is 15.3 Å². The van der Waals surface area contributed by atoms with Crippen LogP contribution in [-0.2, 0) is 0 Å². The third-order valence-corrected chi connectivity index (χ3v) is 5.75. The molecule has 3 aromatic rings. The molecule has 0 amide bonds. The summed E-state index contributed by atoms with van der Waals surface area (Å²) in [6.07, 6.45) is 11.2. The monoisotopic (exact) mass is 449 g/mol. The first-order chi connectivity index (χ1) is 15.6. The highest BCUT2D eigenvalue weighted by Crippen LogP contribution is 2.29. The first kappa shape index (κ1) is 22.2. The topological polar surface area (TPSA) is 62.5 Å². The van der Waals surface area contributed by atoms with E-state index in [1.54, 1.807) is 25.5 Å². The molecule has 1 saturated heterocycles. The van der Waals surface area contributed by atoms with E-state index in [1.165, 1.54) is 12.1 Å². The molecule has 5 nitrogen and oxygen atoms in total. The highest BCUT2D eigenvalue weighted by Gasteiger charge is 2.14. The number of aliphatic imine (C=N–C) groups is 2. The molecule has 3 heterocycles. The van der Waals surface area contributed by atoms with Gasteiger partial charge in [-0.2, -0.15) is 0 Å². The zero-order chi connectivity index (χ0) is 22.3. The molecule has 2 aromatic heterocycles. The number of piperidine rings is 1. The SMILES string of the molecule is C/N=C\C(/C=N/C1CCNCC1)c1cncc(-c2ccnc(-c3cc(Cl)ccc3F)c2)c1. The van der Waals surface area contributed by atoms with Gasteiger partial charge in [-0.3, -0.25) is 20.0 Å². The average molecular weight is 450 g/mol. The summed E-state index contributed by atoms with van der Waals surface area (Å²) in [4.78, 5) is 17.8. The number of nitrogens with one attached hydrogen (secondary N) is 1. The van der Waals surface area contributed by atoms with Crippen LogP contribution in [0.3, 0.4) is 0 Å². The molecule has 1 aliphatic rings. The Bertz CT molecular complexity index is 1120. The number of pyridine rings is 2. The second-order valence-corrected chi connectivity index (χ2v) is 8.21. The van der Waals surface area contributed by atoms with Crippen LogP contribution in [0.25, 0.3) is 22.4 Å². The van der Waals surface area contributed by atoms with Crippen molar-refractivity contribution in [3.8, 4) is 22.4 Å². The van der Waals surface area contributed by atoms with E-state index in [0.29, 0.717) is 22.3 Å². The number of rotatable bonds is 6. The third kappa shape index (κ3) is 5.44. The van der Waals surface area contributed by atoms with Gasteiger partial charge in [-0.05, 0) is 73.5 Å². The van der Waals surface area contributed by atoms with E-state index in [9.17, 15) is 4.39 Å². The minimum Gasteiger partial charge on any atom is -0.317 e. The van der Waals surface area contributed by atoms with Gasteiger partial charge >= 0.3 is 0 Å². The number of hydrogen-bond acceptors (Lipinski definition) is 5. The van der Waals surface area contributed by atoms with Crippen molar-refractivity contribution < 1.29 is 4.39 Å². The van der Waals surface area contributed by atoms with Crippen LogP contribution in [0.1, 0.15) is 24.3 Å². The molecule has 1 aliphatic heterocycles. The molecule has 1 atom stereocenters. The van der Waals surface area contributed by atoms with Gasteiger partial charge in [0.15, 0.2) is 0 Å². The van der Waals surface area contributed by atoms with Crippen molar-refractivity contribution in [2.45, 2.75) is 24.8 Å². The number of halogens is 2. The largest absolute Gasteiger partial charge is 0.317 e. The van der Waals surface area contributed by atoms with Crippen LogP contribution in [0.15, 0.2) is 65.0 Å². The van der Waals surface area contributed by atoms with Gasteiger partial charge in [-0.1, -0.05) is 11.6 Å². The molecule has 0 spiro atoms. The van der Waals surface area contributed by atoms with Crippen molar-refractivity contribution in [2.24, 2.45) is 9.98 Å². The number of nitrogens with zero attached hydrogens (tertiary/aromatic N) is 4. The van der Waals surface area contributed by atoms with Gasteiger partial charge in [0.1, 0.15) is 5.82 Å². The standard InChI is InChI=1S/C25H25ClFN5/c1-28-13-20(16-32-22-5-7-29-8-6-22)19-10-18(14-30-15-19)17-4-9-31-25(11-17)23-12-21(26)2-3-24(23)27/h2-4,9-16,20,22,29H,5-8H2,1H3/b28-13-,32-16+. The van der Waals surface area contributed by atoms with E-state index < -0.39 is 0 Å². The number of aromatic nitrogens is 2. The molecule has 1 N–H and O–H groups in total. The molecule has 0 aliphatic carbocycles. The van der Waals surface area contributed by atoms with Crippen molar-refractivity contribution in [2.75, 3.05) is 20.1 Å². The summed E-state index contributed by atoms with van der Waals surface area (Å²) in [7, 11) is 1.76. The lowest BCUT2D eigenvalue weighted by Gasteiger charge is -2.19. The maximum absolute atomic E-state index is 14.3. The van der Waals surface area contributed by atoms with Gasteiger partial charge in [-0.25, -0.2) is 4.39 Å². The minimum atomic E-state index is -0.362. The second kappa shape index (κ2) is 10.6. The molecule has 1 unspecified atom stereocenters. The molecular formula is C25H25ClFN5. The van der Waals surface area contributed by atoms with Crippen LogP contribution in [0, 0.1) is 5.82 Å². The molecule has 4 rings (SSSR count). The fraction of sp³-hybridized carbons (Fsp3) is 0.280. The molecule has 0 radical (unpaired) electrons. The summed E-state index contributed by atoms with van der Waals surface area (Å²) < 4.78 is 14.3. The maximum atomic E-state index is 14.3. The molecule has 7 heteroatoms. The van der Waals surface area contributed by atoms with Crippen LogP contribution in [0.4, 0.5) is 4.39 Å². The maximum Gasteiger partial charge on any atom is 0.132 e. The Hall–Kier alpha value is -2.96. The Labute approximate surface area is 192 Å². The Kier molecular flexibility index (Phi) is 7.35. The van der Waals surface area contributed by atoms with E-state index in [0.717, 1.165) is 42.6 Å². The third-order valence-electron chi connectivity index (χ3n) is 5.52. The summed E-state index contributed by atoms with van der Waals surface area (Å²) in [6, 6.07) is 10.6. The smallest absolute Gasteiger partial charge is 0.132 e. The van der Waals surface area contributed by atoms with E-state index in [1.807, 2.05) is 30.8 Å². The molecule has 1 aromatic carbocycles. The van der Waals surface area contributed by atoms with E-state index in [4.69, 9.17) is 16.6 Å². The fourth-order valence-electron chi connectivity index (χ4n) is 3.79. The number of benzene rings is 1. The quantitative estimate of drug-likeness (QED) is 0.525. The predicted octanol–water partition coefficient (Wildman–Crippen LogP) is 5.21. The van der Waals surface area contributed by atoms with Crippen molar-refractivity contribution in [3.05, 3.63) is 71.4 Å². The lowest BCUT2D eigenvalue weighted by molar-refractivity contribution is 0.460. The highest BCUT2D eigenvalue weighted by molar-refractivity contribution is 6.30. The van der Waals surface area contributed by atoms with Gasteiger partial charge < -0.3 is 5.32 Å². The van der Waals surface area contributed by atoms with Crippen LogP contribution < -0.4 is 5.32 Å². The van der Waals surface area contributed by atoms with Crippen molar-refractivity contribution in [3.63, 3.8) is 0 Å². The fourth-order valence-corrected chi connectivity index (χ4v) is 3.96. The van der Waals surface area contributed by atoms with Gasteiger partial charge in [0.2, 0.25) is 0 Å². The zero-order valence-electron chi connectivity index (χ0n) is 17.9. The van der Waals surface area contributed by atoms with Crippen LogP contribution in [-0.4, -0.2) is 48.6 Å². The Morgan fingerprint density at radius 1 is 1.09 bits per heavy atom. The van der Waals surface area contributed by atoms with Crippen LogP contribution in [0.2, 0.25) is 5.02 Å². The minimum absolute atomic E-state index is 0.0611. The van der Waals surface area contributed by atoms with Crippen molar-refractivity contribution in [1.29, 1.82) is 0 Å². The predicted molar refractivity (Wildman–Crippen MR) is 129 cm³/mol. The molecule has 0 bridgehead atoms. The van der Waals surface area contributed by atoms with E-state index in [-0.39, 0.29) is 11.7 Å². The molecule has 32 heavy (non-hydrogen) atoms. The Morgan fingerprint density at radius 3 is 2.75 bits per heavy atom. The highest BCUT2D eigenvalue weighted by atomic mass is 35.5. The lowest BCUT2D eigenvalue weighted by Crippen LogP contribution is -2.30. The average Bonchev–Trinajstić information content (AvgIpc) is 2.84. The first-order valence-corrected chi connectivity index (χ1v) is 11.0. The lowest BCUT2D eigenvalue weighted by atomic mass is 9.98. The molecule has 164 valence electrons. The van der Waals surface area contributed by atoms with E-state index in [2.05, 4.69) is 26.3 Å². The van der Waals surface area contributed by atoms with Gasteiger partial charge in [0.25, 0.3) is 0 Å². The number of hydrogen-bond donors (Lipinski definition) is 1. The summed E-state index contributed by atoms with van der Waals surface area (Å²) >= 11 is 6.06. The molecule has 1 fully saturated rings. The Balaban J connectivity index is 1.63. The van der Waals surface area contributed by atoms with Crippen LogP contribution >= 0.6 is 11.6 Å². The zero-order valence-corrected chi connectivity index (χ0v) is 18.6. The van der Waals surface area contributed by atoms with Gasteiger partial charge in [0.05, 0.1) is 17.7 Å². The van der Waals surface area contributed by atoms with Crippen molar-refractivity contribution >= 4 is 24.0 Å². The second-order valence-electron chi connectivity index (χ2n) is 7.77. The normalized spacial score (nSPS) is 16.1. The van der Waals surface area contributed by atoms with Gasteiger partial charge in [0, 0.05) is 54.2 Å².